The van der Waals surface area contributed by atoms with Gasteiger partial charge in [-0.2, -0.15) is 4.98 Å². The average molecular weight is 241 g/mol. The summed E-state index contributed by atoms with van der Waals surface area (Å²) in [5, 5.41) is 0.274. The smallest absolute Gasteiger partial charge is 0.348 e. The molecule has 7 heteroatoms. The number of hydrazine groups is 1. The molecule has 0 spiro atoms. The maximum Gasteiger partial charge on any atom is 0.348 e. The van der Waals surface area contributed by atoms with E-state index in [2.05, 4.69) is 27.2 Å². The van der Waals surface area contributed by atoms with Gasteiger partial charge in [0.2, 0.25) is 5.13 Å². The first-order chi connectivity index (χ1) is 7.52. The zero-order valence-corrected chi connectivity index (χ0v) is 9.68. The number of hydrogen-bond donors (Lipinski definition) is 2. The van der Waals surface area contributed by atoms with E-state index in [0.29, 0.717) is 5.70 Å². The number of aromatic nitrogens is 1. The predicted molar refractivity (Wildman–Crippen MR) is 61.3 cm³/mol. The molecular weight excluding hydrogens is 230 g/mol. The Hall–Kier alpha value is -1.89. The van der Waals surface area contributed by atoms with E-state index in [4.69, 9.17) is 0 Å². The lowest BCUT2D eigenvalue weighted by Gasteiger charge is -2.07. The van der Waals surface area contributed by atoms with Crippen molar-refractivity contribution in [1.29, 1.82) is 0 Å². The van der Waals surface area contributed by atoms with Gasteiger partial charge in [0.15, 0.2) is 0 Å². The molecule has 0 aliphatic rings. The van der Waals surface area contributed by atoms with Crippen LogP contribution in [0.5, 0.6) is 0 Å². The van der Waals surface area contributed by atoms with Crippen molar-refractivity contribution < 1.29 is 9.53 Å². The molecule has 0 fully saturated rings. The lowest BCUT2D eigenvalue weighted by molar-refractivity contribution is 0.0606. The molecule has 2 N–H and O–H groups in total. The van der Waals surface area contributed by atoms with E-state index in [1.807, 2.05) is 0 Å². The highest BCUT2D eigenvalue weighted by molar-refractivity contribution is 7.17. The Morgan fingerprint density at radius 2 is 2.31 bits per heavy atom. The number of ether oxygens (including phenoxy) is 1. The molecule has 0 atom stereocenters. The highest BCUT2D eigenvalue weighted by Crippen LogP contribution is 2.13. The molecule has 0 aliphatic heterocycles. The quantitative estimate of drug-likeness (QED) is 0.598. The number of nitrogens with one attached hydrogen (secondary N) is 2. The first kappa shape index (κ1) is 12.2. The molecule has 1 aromatic rings. The Morgan fingerprint density at radius 3 is 2.88 bits per heavy atom. The summed E-state index contributed by atoms with van der Waals surface area (Å²) in [6, 6.07) is 1.13. The van der Waals surface area contributed by atoms with Gasteiger partial charge in [0.25, 0.3) is 5.56 Å². The highest BCUT2D eigenvalue weighted by Gasteiger charge is 2.09. The van der Waals surface area contributed by atoms with Crippen molar-refractivity contribution in [2.24, 2.45) is 0 Å². The topological polar surface area (TPSA) is 80.3 Å². The summed E-state index contributed by atoms with van der Waals surface area (Å²) >= 11 is 1.01. The molecule has 1 heterocycles. The highest BCUT2D eigenvalue weighted by atomic mass is 32.1. The van der Waals surface area contributed by atoms with Crippen LogP contribution in [0.2, 0.25) is 0 Å². The summed E-state index contributed by atoms with van der Waals surface area (Å²) in [5.74, 6) is -0.567. The third-order valence-corrected chi connectivity index (χ3v) is 2.33. The van der Waals surface area contributed by atoms with Crippen LogP contribution in [0.25, 0.3) is 0 Å². The minimum absolute atomic E-state index is 0.188. The van der Waals surface area contributed by atoms with E-state index in [1.54, 1.807) is 6.92 Å². The van der Waals surface area contributed by atoms with Crippen molar-refractivity contribution in [2.75, 3.05) is 12.5 Å². The molecule has 86 valence electrons. The van der Waals surface area contributed by atoms with Crippen LogP contribution in [0.15, 0.2) is 23.1 Å². The van der Waals surface area contributed by atoms with Crippen LogP contribution in [-0.4, -0.2) is 18.1 Å². The molecular formula is C9H11N3O3S. The van der Waals surface area contributed by atoms with Gasteiger partial charge >= 0.3 is 5.97 Å². The number of hydrogen-bond acceptors (Lipinski definition) is 7. The molecule has 0 radical (unpaired) electrons. The third kappa shape index (κ3) is 3.35. The van der Waals surface area contributed by atoms with E-state index in [-0.39, 0.29) is 10.0 Å². The van der Waals surface area contributed by atoms with Crippen molar-refractivity contribution in [2.45, 2.75) is 6.92 Å². The second-order valence-corrected chi connectivity index (χ2v) is 3.92. The lowest BCUT2D eigenvalue weighted by atomic mass is 10.5. The van der Waals surface area contributed by atoms with Crippen molar-refractivity contribution in [3.63, 3.8) is 0 Å². The van der Waals surface area contributed by atoms with Gasteiger partial charge in [0.1, 0.15) is 4.88 Å². The maximum absolute atomic E-state index is 11.2. The second kappa shape index (κ2) is 5.26. The van der Waals surface area contributed by atoms with E-state index < -0.39 is 11.5 Å². The van der Waals surface area contributed by atoms with Crippen molar-refractivity contribution in [3.05, 3.63) is 33.6 Å². The minimum atomic E-state index is -0.567. The summed E-state index contributed by atoms with van der Waals surface area (Å²) in [5.41, 5.74) is 5.49. The first-order valence-corrected chi connectivity index (χ1v) is 5.12. The molecule has 16 heavy (non-hydrogen) atoms. The first-order valence-electron chi connectivity index (χ1n) is 4.31. The molecule has 0 amide bonds. The largest absolute Gasteiger partial charge is 0.465 e. The van der Waals surface area contributed by atoms with Crippen LogP contribution in [0.3, 0.4) is 0 Å². The predicted octanol–water partition coefficient (Wildman–Crippen LogP) is 0.740. The zero-order chi connectivity index (χ0) is 12.1. The Kier molecular flexibility index (Phi) is 4.01. The van der Waals surface area contributed by atoms with Gasteiger partial charge in [-0.25, -0.2) is 4.79 Å². The molecule has 0 saturated heterocycles. The Balaban J connectivity index is 2.94. The van der Waals surface area contributed by atoms with Gasteiger partial charge in [-0.15, -0.1) is 0 Å². The van der Waals surface area contributed by atoms with E-state index >= 15 is 0 Å². The number of carbonyl (C=O) groups excluding carboxylic acids is 1. The third-order valence-electron chi connectivity index (χ3n) is 1.44. The number of esters is 1. The van der Waals surface area contributed by atoms with Crippen LogP contribution in [0.4, 0.5) is 5.13 Å². The molecule has 0 saturated carbocycles. The number of nitrogens with zero attached hydrogens (tertiary/aromatic N) is 1. The summed E-state index contributed by atoms with van der Waals surface area (Å²) in [7, 11) is 1.25. The monoisotopic (exact) mass is 241 g/mol. The normalized spacial score (nSPS) is 9.38. The second-order valence-electron chi connectivity index (χ2n) is 2.89. The number of anilines is 1. The van der Waals surface area contributed by atoms with Crippen LogP contribution in [-0.2, 0) is 4.74 Å². The summed E-state index contributed by atoms with van der Waals surface area (Å²) in [6.45, 7) is 5.34. The van der Waals surface area contributed by atoms with Gasteiger partial charge in [-0.05, 0) is 6.92 Å². The molecule has 0 bridgehead atoms. The van der Waals surface area contributed by atoms with Crippen molar-refractivity contribution >= 4 is 22.4 Å². The summed E-state index contributed by atoms with van der Waals surface area (Å²) in [6.07, 6.45) is 0. The van der Waals surface area contributed by atoms with Crippen LogP contribution >= 0.6 is 11.3 Å². The van der Waals surface area contributed by atoms with E-state index in [9.17, 15) is 9.59 Å². The van der Waals surface area contributed by atoms with Crippen molar-refractivity contribution in [1.82, 2.24) is 10.4 Å². The van der Waals surface area contributed by atoms with Gasteiger partial charge in [0.05, 0.1) is 7.11 Å². The van der Waals surface area contributed by atoms with Crippen LogP contribution in [0.1, 0.15) is 16.6 Å². The Labute approximate surface area is 95.9 Å². The number of allylic oxidation sites excluding steroid dienone is 1. The fourth-order valence-corrected chi connectivity index (χ4v) is 1.59. The molecule has 1 aromatic heterocycles. The SMILES string of the molecule is C=C(C)NNc1nc(=O)cc(C(=O)OC)s1. The fraction of sp³-hybridized carbons (Fsp3) is 0.222. The standard InChI is InChI=1S/C9H11N3O3S/c1-5(2)11-12-9-10-7(13)4-6(16-9)8(14)15-3/h4,11H,1H2,2-3H3,(H,10,12,13). The number of rotatable bonds is 4. The molecule has 0 unspecified atom stereocenters. The average Bonchev–Trinajstić information content (AvgIpc) is 2.24. The van der Waals surface area contributed by atoms with Gasteiger partial charge in [0, 0.05) is 11.8 Å². The lowest BCUT2D eigenvalue weighted by Crippen LogP contribution is -2.21. The Morgan fingerprint density at radius 1 is 1.62 bits per heavy atom. The fourth-order valence-electron chi connectivity index (χ4n) is 0.816. The van der Waals surface area contributed by atoms with E-state index in [0.717, 1.165) is 17.4 Å². The molecule has 1 rings (SSSR count). The van der Waals surface area contributed by atoms with Crippen LogP contribution < -0.4 is 16.4 Å². The van der Waals surface area contributed by atoms with Gasteiger partial charge < -0.3 is 10.2 Å². The van der Waals surface area contributed by atoms with Gasteiger partial charge in [-0.3, -0.25) is 10.2 Å². The van der Waals surface area contributed by atoms with Gasteiger partial charge in [-0.1, -0.05) is 17.9 Å². The van der Waals surface area contributed by atoms with Crippen LogP contribution in [0, 0.1) is 0 Å². The molecule has 0 aromatic carbocycles. The van der Waals surface area contributed by atoms with E-state index in [1.165, 1.54) is 7.11 Å². The maximum atomic E-state index is 11.2. The molecule has 0 aliphatic carbocycles. The summed E-state index contributed by atoms with van der Waals surface area (Å²) < 4.78 is 4.51. The van der Waals surface area contributed by atoms with Crippen molar-refractivity contribution in [3.8, 4) is 0 Å². The number of methoxy groups -OCH3 is 1. The minimum Gasteiger partial charge on any atom is -0.465 e. The summed E-state index contributed by atoms with van der Waals surface area (Å²) in [4.78, 5) is 26.2. The Bertz CT molecular complexity index is 469. The number of carbonyl (C=O) groups is 1. The molecule has 6 nitrogen and oxygen atoms in total. The zero-order valence-electron chi connectivity index (χ0n) is 8.86.